The summed E-state index contributed by atoms with van der Waals surface area (Å²) in [5.74, 6) is 0.734. The summed E-state index contributed by atoms with van der Waals surface area (Å²) in [6.45, 7) is 17.7. The third kappa shape index (κ3) is 6.65. The summed E-state index contributed by atoms with van der Waals surface area (Å²) in [5, 5.41) is 0.225. The predicted molar refractivity (Wildman–Crippen MR) is 120 cm³/mol. The van der Waals surface area contributed by atoms with Gasteiger partial charge in [0.2, 0.25) is 0 Å². The molecule has 0 saturated carbocycles. The molecule has 1 fully saturated rings. The van der Waals surface area contributed by atoms with Gasteiger partial charge in [0.05, 0.1) is 25.5 Å². The number of hydrogen-bond acceptors (Lipinski definition) is 6. The summed E-state index contributed by atoms with van der Waals surface area (Å²) in [7, 11) is 0.463. The number of likely N-dealkylation sites (N-methyl/N-ethyl adjacent to an activating group) is 1. The van der Waals surface area contributed by atoms with Gasteiger partial charge in [0, 0.05) is 37.9 Å². The first-order chi connectivity index (χ1) is 13.1. The van der Waals surface area contributed by atoms with Crippen LogP contribution in [-0.2, 0) is 9.16 Å². The van der Waals surface area contributed by atoms with E-state index in [1.807, 2.05) is 12.1 Å². The van der Waals surface area contributed by atoms with Gasteiger partial charge in [-0.3, -0.25) is 0 Å². The highest BCUT2D eigenvalue weighted by atomic mass is 28.4. The highest BCUT2D eigenvalue weighted by Gasteiger charge is 2.36. The lowest BCUT2D eigenvalue weighted by atomic mass is 10.2. The Balaban J connectivity index is 1.71. The van der Waals surface area contributed by atoms with Crippen LogP contribution in [0.25, 0.3) is 0 Å². The van der Waals surface area contributed by atoms with Crippen molar-refractivity contribution in [3.8, 4) is 5.75 Å². The van der Waals surface area contributed by atoms with Crippen molar-refractivity contribution in [1.29, 1.82) is 0 Å². The molecular formula is C21H39N3O3Si. The number of nitrogens with zero attached hydrogens (tertiary/aromatic N) is 2. The normalized spacial score (nSPS) is 16.4. The van der Waals surface area contributed by atoms with Gasteiger partial charge in [0.1, 0.15) is 12.4 Å². The molecular weight excluding hydrogens is 370 g/mol. The molecule has 0 aliphatic carbocycles. The van der Waals surface area contributed by atoms with Crippen molar-refractivity contribution in [2.45, 2.75) is 38.9 Å². The summed E-state index contributed by atoms with van der Waals surface area (Å²) >= 11 is 0. The van der Waals surface area contributed by atoms with E-state index in [4.69, 9.17) is 19.6 Å². The van der Waals surface area contributed by atoms with Gasteiger partial charge >= 0.3 is 0 Å². The zero-order valence-corrected chi connectivity index (χ0v) is 19.6. The van der Waals surface area contributed by atoms with Crippen LogP contribution in [0.15, 0.2) is 18.2 Å². The van der Waals surface area contributed by atoms with E-state index in [1.165, 1.54) is 5.69 Å². The molecule has 1 aliphatic rings. The minimum Gasteiger partial charge on any atom is -0.489 e. The number of piperazine rings is 1. The van der Waals surface area contributed by atoms with Gasteiger partial charge in [-0.05, 0) is 37.3 Å². The molecule has 6 nitrogen and oxygen atoms in total. The van der Waals surface area contributed by atoms with Gasteiger partial charge in [-0.25, -0.2) is 0 Å². The molecule has 2 rings (SSSR count). The topological polar surface area (TPSA) is 60.2 Å². The first kappa shape index (κ1) is 23.0. The lowest BCUT2D eigenvalue weighted by Crippen LogP contribution is -2.44. The molecule has 1 saturated heterocycles. The number of anilines is 2. The maximum atomic E-state index is 6.11. The molecule has 1 heterocycles. The van der Waals surface area contributed by atoms with E-state index in [0.29, 0.717) is 32.1 Å². The lowest BCUT2D eigenvalue weighted by Gasteiger charge is -2.36. The molecule has 0 atom stereocenters. The van der Waals surface area contributed by atoms with Crippen molar-refractivity contribution in [2.24, 2.45) is 0 Å². The van der Waals surface area contributed by atoms with Crippen molar-refractivity contribution < 1.29 is 13.9 Å². The molecule has 1 aromatic rings. The zero-order chi connectivity index (χ0) is 20.8. The molecule has 2 N–H and O–H groups in total. The van der Waals surface area contributed by atoms with Crippen molar-refractivity contribution in [3.63, 3.8) is 0 Å². The van der Waals surface area contributed by atoms with Gasteiger partial charge in [0.25, 0.3) is 0 Å². The second kappa shape index (κ2) is 9.96. The zero-order valence-electron chi connectivity index (χ0n) is 18.6. The molecule has 1 aromatic carbocycles. The van der Waals surface area contributed by atoms with Gasteiger partial charge in [-0.2, -0.15) is 0 Å². The number of nitrogen functional groups attached to an aromatic ring is 1. The summed E-state index contributed by atoms with van der Waals surface area (Å²) in [4.78, 5) is 4.72. The number of nitrogens with two attached hydrogens (primary N) is 1. The third-order valence-corrected chi connectivity index (χ3v) is 10.4. The van der Waals surface area contributed by atoms with Gasteiger partial charge in [-0.1, -0.05) is 20.8 Å². The van der Waals surface area contributed by atoms with E-state index < -0.39 is 8.32 Å². The molecule has 0 aromatic heterocycles. The minimum absolute atomic E-state index is 0.225. The second-order valence-corrected chi connectivity index (χ2v) is 13.9. The number of benzene rings is 1. The highest BCUT2D eigenvalue weighted by molar-refractivity contribution is 6.74. The molecule has 0 unspecified atom stereocenters. The van der Waals surface area contributed by atoms with Crippen molar-refractivity contribution in [2.75, 3.05) is 70.3 Å². The monoisotopic (exact) mass is 409 g/mol. The van der Waals surface area contributed by atoms with Crippen LogP contribution in [0.5, 0.6) is 5.75 Å². The van der Waals surface area contributed by atoms with Gasteiger partial charge in [0.15, 0.2) is 8.32 Å². The van der Waals surface area contributed by atoms with Crippen LogP contribution in [0.4, 0.5) is 11.4 Å². The Labute approximate surface area is 172 Å². The quantitative estimate of drug-likeness (QED) is 0.383. The van der Waals surface area contributed by atoms with Gasteiger partial charge in [-0.15, -0.1) is 0 Å². The summed E-state index contributed by atoms with van der Waals surface area (Å²) in [6.07, 6.45) is 0. The van der Waals surface area contributed by atoms with E-state index in [1.54, 1.807) is 0 Å². The molecule has 1 aliphatic heterocycles. The Hall–Kier alpha value is -1.28. The summed E-state index contributed by atoms with van der Waals surface area (Å²) in [5.41, 5.74) is 7.92. The number of ether oxygens (including phenoxy) is 2. The Bertz CT molecular complexity index is 611. The van der Waals surface area contributed by atoms with E-state index >= 15 is 0 Å². The fourth-order valence-electron chi connectivity index (χ4n) is 2.79. The number of hydrogen-bond donors (Lipinski definition) is 1. The van der Waals surface area contributed by atoms with Crippen LogP contribution in [0.1, 0.15) is 20.8 Å². The maximum Gasteiger partial charge on any atom is 0.192 e. The summed E-state index contributed by atoms with van der Waals surface area (Å²) < 4.78 is 17.7. The largest absolute Gasteiger partial charge is 0.489 e. The summed E-state index contributed by atoms with van der Waals surface area (Å²) in [6, 6.07) is 6.04. The molecule has 0 radical (unpaired) electrons. The number of rotatable bonds is 9. The lowest BCUT2D eigenvalue weighted by molar-refractivity contribution is 0.0732. The van der Waals surface area contributed by atoms with Crippen LogP contribution in [0, 0.1) is 0 Å². The van der Waals surface area contributed by atoms with Crippen LogP contribution < -0.4 is 15.4 Å². The minimum atomic E-state index is -1.70. The smallest absolute Gasteiger partial charge is 0.192 e. The maximum absolute atomic E-state index is 6.11. The molecule has 7 heteroatoms. The van der Waals surface area contributed by atoms with E-state index in [-0.39, 0.29) is 5.04 Å². The van der Waals surface area contributed by atoms with Crippen molar-refractivity contribution >= 4 is 19.7 Å². The van der Waals surface area contributed by atoms with Crippen LogP contribution in [0.2, 0.25) is 18.1 Å². The average Bonchev–Trinajstić information content (AvgIpc) is 2.62. The second-order valence-electron chi connectivity index (χ2n) is 9.08. The molecule has 160 valence electrons. The first-order valence-electron chi connectivity index (χ1n) is 10.3. The van der Waals surface area contributed by atoms with Crippen molar-refractivity contribution in [1.82, 2.24) is 4.90 Å². The average molecular weight is 410 g/mol. The Morgan fingerprint density at radius 2 is 1.64 bits per heavy atom. The fourth-order valence-corrected chi connectivity index (χ4v) is 3.82. The third-order valence-electron chi connectivity index (χ3n) is 5.85. The molecule has 28 heavy (non-hydrogen) atoms. The fraction of sp³-hybridized carbons (Fsp3) is 0.714. The molecule has 0 amide bonds. The standard InChI is InChI=1S/C21H39N3O3Si/c1-21(2,3)28(5,6)27-16-14-25-13-15-26-20-17-18(7-8-19(20)22)24-11-9-23(4)10-12-24/h7-8,17H,9-16,22H2,1-6H3. The molecule has 0 bridgehead atoms. The predicted octanol–water partition coefficient (Wildman–Crippen LogP) is 3.44. The van der Waals surface area contributed by atoms with Gasteiger partial charge < -0.3 is 29.4 Å². The van der Waals surface area contributed by atoms with E-state index in [9.17, 15) is 0 Å². The van der Waals surface area contributed by atoms with Crippen LogP contribution in [-0.4, -0.2) is 72.9 Å². The molecule has 0 spiro atoms. The first-order valence-corrected chi connectivity index (χ1v) is 13.2. The Kier molecular flexibility index (Phi) is 8.18. The Morgan fingerprint density at radius 1 is 1.00 bits per heavy atom. The van der Waals surface area contributed by atoms with Crippen LogP contribution >= 0.6 is 0 Å². The SMILES string of the molecule is CN1CCN(c2ccc(N)c(OCCOCCO[Si](C)(C)C(C)(C)C)c2)CC1. The Morgan fingerprint density at radius 3 is 2.29 bits per heavy atom. The van der Waals surface area contributed by atoms with E-state index in [0.717, 1.165) is 31.9 Å². The van der Waals surface area contributed by atoms with Crippen LogP contribution in [0.3, 0.4) is 0 Å². The highest BCUT2D eigenvalue weighted by Crippen LogP contribution is 2.36. The van der Waals surface area contributed by atoms with E-state index in [2.05, 4.69) is 56.8 Å². The van der Waals surface area contributed by atoms with Crippen molar-refractivity contribution in [3.05, 3.63) is 18.2 Å².